The minimum absolute atomic E-state index is 0.0342. The van der Waals surface area contributed by atoms with Gasteiger partial charge in [0.15, 0.2) is 0 Å². The van der Waals surface area contributed by atoms with E-state index < -0.39 is 0 Å². The number of rotatable bonds is 1. The van der Waals surface area contributed by atoms with Crippen LogP contribution in [-0.4, -0.2) is 9.78 Å². The van der Waals surface area contributed by atoms with Gasteiger partial charge < -0.3 is 5.32 Å². The molecule has 82 valence electrons. The zero-order valence-corrected chi connectivity index (χ0v) is 10.0. The van der Waals surface area contributed by atoms with Crippen LogP contribution in [0.1, 0.15) is 11.3 Å². The van der Waals surface area contributed by atoms with Crippen LogP contribution < -0.4 is 10.9 Å². The topological polar surface area (TPSA) is 49.8 Å². The fourth-order valence-electron chi connectivity index (χ4n) is 1.96. The van der Waals surface area contributed by atoms with Crippen molar-refractivity contribution in [1.29, 1.82) is 0 Å². The third-order valence-electron chi connectivity index (χ3n) is 2.77. The average molecular weight is 280 g/mol. The van der Waals surface area contributed by atoms with Crippen LogP contribution in [0.2, 0.25) is 0 Å². The maximum Gasteiger partial charge on any atom is 0.276 e. The number of hydrogen-bond acceptors (Lipinski definition) is 2. The van der Waals surface area contributed by atoms with Crippen LogP contribution in [0.3, 0.4) is 0 Å². The van der Waals surface area contributed by atoms with Gasteiger partial charge in [0.05, 0.1) is 16.9 Å². The molecule has 1 aliphatic heterocycles. The number of hydrogen-bond donors (Lipinski definition) is 2. The minimum atomic E-state index is 0.0342. The van der Waals surface area contributed by atoms with Crippen LogP contribution in [-0.2, 0) is 13.1 Å². The first-order chi connectivity index (χ1) is 7.77. The predicted molar refractivity (Wildman–Crippen MR) is 64.6 cm³/mol. The molecule has 3 rings (SSSR count). The lowest BCUT2D eigenvalue weighted by Gasteiger charge is -2.04. The second-order valence-electron chi connectivity index (χ2n) is 3.76. The summed E-state index contributed by atoms with van der Waals surface area (Å²) in [4.78, 5) is 12.1. The van der Waals surface area contributed by atoms with Crippen LogP contribution in [0.15, 0.2) is 33.5 Å². The summed E-state index contributed by atoms with van der Waals surface area (Å²) in [6.07, 6.45) is 0. The molecule has 1 aliphatic rings. The van der Waals surface area contributed by atoms with Gasteiger partial charge in [-0.2, -0.15) is 0 Å². The van der Waals surface area contributed by atoms with Gasteiger partial charge in [0, 0.05) is 17.6 Å². The summed E-state index contributed by atoms with van der Waals surface area (Å²) in [7, 11) is 0. The summed E-state index contributed by atoms with van der Waals surface area (Å²) >= 11 is 3.45. The second-order valence-corrected chi connectivity index (χ2v) is 4.62. The van der Waals surface area contributed by atoms with Crippen LogP contribution in [0, 0.1) is 0 Å². The largest absolute Gasteiger partial charge is 0.307 e. The Morgan fingerprint density at radius 3 is 2.81 bits per heavy atom. The van der Waals surface area contributed by atoms with E-state index in [-0.39, 0.29) is 5.56 Å². The van der Waals surface area contributed by atoms with Gasteiger partial charge in [-0.1, -0.05) is 12.1 Å². The molecule has 0 atom stereocenters. The Bertz CT molecular complexity index is 600. The third-order valence-corrected chi connectivity index (χ3v) is 3.44. The maximum atomic E-state index is 12.1. The van der Waals surface area contributed by atoms with Crippen molar-refractivity contribution in [3.05, 3.63) is 50.3 Å². The highest BCUT2D eigenvalue weighted by atomic mass is 79.9. The molecule has 0 amide bonds. The smallest absolute Gasteiger partial charge is 0.276 e. The number of benzene rings is 1. The second kappa shape index (κ2) is 3.61. The molecule has 1 aromatic heterocycles. The number of aromatic nitrogens is 2. The van der Waals surface area contributed by atoms with Crippen LogP contribution in [0.4, 0.5) is 0 Å². The first kappa shape index (κ1) is 9.86. The Balaban J connectivity index is 2.22. The molecule has 0 saturated heterocycles. The van der Waals surface area contributed by atoms with Gasteiger partial charge >= 0.3 is 0 Å². The molecular weight excluding hydrogens is 270 g/mol. The number of halogens is 1. The lowest BCUT2D eigenvalue weighted by Crippen LogP contribution is -2.20. The molecule has 2 heterocycles. The number of nitrogens with zero attached hydrogens (tertiary/aromatic N) is 1. The summed E-state index contributed by atoms with van der Waals surface area (Å²) < 4.78 is 2.50. The predicted octanol–water partition coefficient (Wildman–Crippen LogP) is 1.53. The van der Waals surface area contributed by atoms with Crippen LogP contribution in [0.5, 0.6) is 0 Å². The van der Waals surface area contributed by atoms with Crippen LogP contribution >= 0.6 is 15.9 Å². The van der Waals surface area contributed by atoms with Gasteiger partial charge in [-0.05, 0) is 28.1 Å². The summed E-state index contributed by atoms with van der Waals surface area (Å²) in [6.45, 7) is 1.39. The molecule has 2 N–H and O–H groups in total. The molecule has 1 aromatic carbocycles. The highest BCUT2D eigenvalue weighted by Crippen LogP contribution is 2.20. The van der Waals surface area contributed by atoms with Crippen molar-refractivity contribution < 1.29 is 0 Å². The highest BCUT2D eigenvalue weighted by Gasteiger charge is 2.19. The van der Waals surface area contributed by atoms with Crippen molar-refractivity contribution in [1.82, 2.24) is 15.1 Å². The van der Waals surface area contributed by atoms with Crippen molar-refractivity contribution in [3.63, 3.8) is 0 Å². The van der Waals surface area contributed by atoms with E-state index in [1.54, 1.807) is 4.68 Å². The summed E-state index contributed by atoms with van der Waals surface area (Å²) in [5, 5.41) is 6.28. The monoisotopic (exact) mass is 279 g/mol. The van der Waals surface area contributed by atoms with E-state index in [0.717, 1.165) is 28.0 Å². The van der Waals surface area contributed by atoms with Gasteiger partial charge in [-0.25, -0.2) is 4.68 Å². The fraction of sp³-hybridized carbons (Fsp3) is 0.182. The Morgan fingerprint density at radius 2 is 2.06 bits per heavy atom. The number of H-pyrrole nitrogens is 1. The first-order valence-electron chi connectivity index (χ1n) is 5.06. The third kappa shape index (κ3) is 1.36. The number of nitrogens with one attached hydrogen (secondary N) is 2. The summed E-state index contributed by atoms with van der Waals surface area (Å²) in [5.41, 5.74) is 2.71. The molecule has 2 aromatic rings. The van der Waals surface area contributed by atoms with E-state index in [4.69, 9.17) is 0 Å². The molecule has 16 heavy (non-hydrogen) atoms. The summed E-state index contributed by atoms with van der Waals surface area (Å²) in [5.74, 6) is 0. The normalized spacial score (nSPS) is 14.1. The lowest BCUT2D eigenvalue weighted by molar-refractivity contribution is 0.709. The van der Waals surface area contributed by atoms with E-state index in [9.17, 15) is 4.79 Å². The zero-order chi connectivity index (χ0) is 11.1. The molecule has 0 radical (unpaired) electrons. The van der Waals surface area contributed by atoms with E-state index in [0.29, 0.717) is 6.54 Å². The van der Waals surface area contributed by atoms with Gasteiger partial charge in [0.1, 0.15) is 0 Å². The zero-order valence-electron chi connectivity index (χ0n) is 8.46. The van der Waals surface area contributed by atoms with Gasteiger partial charge in [0.25, 0.3) is 5.56 Å². The van der Waals surface area contributed by atoms with Gasteiger partial charge in [0.2, 0.25) is 0 Å². The molecular formula is C11H10BrN3O. The van der Waals surface area contributed by atoms with E-state index in [1.807, 2.05) is 24.3 Å². The average Bonchev–Trinajstić information content (AvgIpc) is 2.83. The minimum Gasteiger partial charge on any atom is -0.307 e. The Morgan fingerprint density at radius 1 is 1.25 bits per heavy atom. The Labute approximate surface area is 100 Å². The number of aromatic amines is 1. The maximum absolute atomic E-state index is 12.1. The van der Waals surface area contributed by atoms with E-state index in [2.05, 4.69) is 26.3 Å². The van der Waals surface area contributed by atoms with Gasteiger partial charge in [-0.15, -0.1) is 0 Å². The lowest BCUT2D eigenvalue weighted by atomic mass is 10.3. The fourth-order valence-corrected chi connectivity index (χ4v) is 2.42. The molecule has 0 fully saturated rings. The van der Waals surface area contributed by atoms with Crippen molar-refractivity contribution in [3.8, 4) is 5.69 Å². The van der Waals surface area contributed by atoms with Crippen molar-refractivity contribution in [2.75, 3.05) is 0 Å². The first-order valence-corrected chi connectivity index (χ1v) is 5.85. The molecule has 0 spiro atoms. The quantitative estimate of drug-likeness (QED) is 0.832. The number of para-hydroxylation sites is 1. The van der Waals surface area contributed by atoms with Gasteiger partial charge in [-0.3, -0.25) is 9.89 Å². The van der Waals surface area contributed by atoms with E-state index >= 15 is 0 Å². The molecule has 0 bridgehead atoms. The standard InChI is InChI=1S/C11H10BrN3O/c12-8-3-1-2-4-10(8)15-11(16)7-5-13-6-9(7)14-15/h1-4,13-14H,5-6H2. The Kier molecular flexibility index (Phi) is 2.22. The molecule has 0 aliphatic carbocycles. The highest BCUT2D eigenvalue weighted by molar-refractivity contribution is 9.10. The van der Waals surface area contributed by atoms with Crippen molar-refractivity contribution in [2.24, 2.45) is 0 Å². The molecule has 0 saturated carbocycles. The molecule has 0 unspecified atom stereocenters. The van der Waals surface area contributed by atoms with Crippen LogP contribution in [0.25, 0.3) is 5.69 Å². The molecule has 5 heteroatoms. The number of fused-ring (bicyclic) bond motifs is 1. The van der Waals surface area contributed by atoms with Crippen molar-refractivity contribution >= 4 is 15.9 Å². The van der Waals surface area contributed by atoms with Crippen molar-refractivity contribution in [2.45, 2.75) is 13.1 Å². The summed E-state index contributed by atoms with van der Waals surface area (Å²) in [6, 6.07) is 7.67. The Hall–Kier alpha value is -1.33. The molecule has 4 nitrogen and oxygen atoms in total. The van der Waals surface area contributed by atoms with E-state index in [1.165, 1.54) is 0 Å². The SMILES string of the molecule is O=c1c2c([nH]n1-c1ccccc1Br)CNC2.